The van der Waals surface area contributed by atoms with Gasteiger partial charge in [0.15, 0.2) is 16.6 Å². The van der Waals surface area contributed by atoms with Crippen LogP contribution in [0, 0.1) is 35.5 Å². The number of imide groups is 1. The highest BCUT2D eigenvalue weighted by atomic mass is 32.1. The van der Waals surface area contributed by atoms with Gasteiger partial charge in [-0.05, 0) is 153 Å². The van der Waals surface area contributed by atoms with Gasteiger partial charge < -0.3 is 40.7 Å². The highest BCUT2D eigenvalue weighted by molar-refractivity contribution is 7.22. The molecule has 3 aromatic carbocycles. The molecule has 512 valence electrons. The number of anilines is 2. The number of carboxylic acid groups (broad SMARTS) is 1. The van der Waals surface area contributed by atoms with Crippen LogP contribution in [0.1, 0.15) is 153 Å². The molecule has 6 aliphatic rings. The van der Waals surface area contributed by atoms with E-state index in [1.54, 1.807) is 37.5 Å². The zero-order chi connectivity index (χ0) is 68.8. The van der Waals surface area contributed by atoms with E-state index in [4.69, 9.17) is 25.3 Å². The van der Waals surface area contributed by atoms with Crippen LogP contribution in [0.15, 0.2) is 97.2 Å². The van der Waals surface area contributed by atoms with Gasteiger partial charge in [-0.3, -0.25) is 43.7 Å². The van der Waals surface area contributed by atoms with Gasteiger partial charge in [-0.2, -0.15) is 5.10 Å². The minimum absolute atomic E-state index is 0.00721. The molecule has 97 heavy (non-hydrogen) atoms. The van der Waals surface area contributed by atoms with E-state index in [0.29, 0.717) is 110 Å². The summed E-state index contributed by atoms with van der Waals surface area (Å²) in [6.45, 7) is 10.8. The second kappa shape index (κ2) is 29.7. The molecule has 4 saturated carbocycles. The summed E-state index contributed by atoms with van der Waals surface area (Å²) in [5.41, 5.74) is 11.4. The Morgan fingerprint density at radius 2 is 1.64 bits per heavy atom. The monoisotopic (exact) mass is 1340 g/mol. The SMILES string of the molecule is Cc1c(-c2ccc(N3CCc4cccc(C(=O)Nc5nc6ccccc6s5)c4C3)nc2C(=O)O)cnn1CC12CC3CC(C)(C1)CC(OCCN(C)C(=O)OCc1ccc(CC(=O)[C@H](CCCNC(N)=O)NC(=O)[C@@H](CC(=O)CCCCCN4C(=O)C=CC4=O)C(C)C)cc1)(C3)C2. The van der Waals surface area contributed by atoms with E-state index in [-0.39, 0.29) is 103 Å². The first-order valence-corrected chi connectivity index (χ1v) is 34.6. The van der Waals surface area contributed by atoms with Gasteiger partial charge in [-0.25, -0.2) is 24.4 Å². The predicted molar refractivity (Wildman–Crippen MR) is 365 cm³/mol. The molecule has 7 amide bonds. The molecule has 5 heterocycles. The van der Waals surface area contributed by atoms with Gasteiger partial charge in [-0.15, -0.1) is 0 Å². The molecule has 6 atom stereocenters. The molecule has 4 aliphatic carbocycles. The van der Waals surface area contributed by atoms with Crippen molar-refractivity contribution >= 4 is 85.8 Å². The molecule has 23 nitrogen and oxygen atoms in total. The summed E-state index contributed by atoms with van der Waals surface area (Å²) in [5, 5.41) is 24.6. The van der Waals surface area contributed by atoms with E-state index in [1.165, 1.54) is 33.3 Å². The number of urea groups is 1. The molecule has 24 heteroatoms. The summed E-state index contributed by atoms with van der Waals surface area (Å²) in [7, 11) is 1.69. The number of nitrogens with two attached hydrogens (primary N) is 1. The highest BCUT2D eigenvalue weighted by Crippen LogP contribution is 2.68. The summed E-state index contributed by atoms with van der Waals surface area (Å²) < 4.78 is 15.7. The summed E-state index contributed by atoms with van der Waals surface area (Å²) in [6, 6.07) is 22.7. The zero-order valence-corrected chi connectivity index (χ0v) is 56.7. The van der Waals surface area contributed by atoms with Crippen molar-refractivity contribution in [3.63, 3.8) is 0 Å². The van der Waals surface area contributed by atoms with E-state index in [0.717, 1.165) is 65.6 Å². The number of fused-ring (bicyclic) bond motifs is 2. The Morgan fingerprint density at radius 3 is 2.38 bits per heavy atom. The van der Waals surface area contributed by atoms with Crippen molar-refractivity contribution < 1.29 is 57.7 Å². The molecule has 0 spiro atoms. The van der Waals surface area contributed by atoms with Gasteiger partial charge in [0.25, 0.3) is 17.7 Å². The third-order valence-electron chi connectivity index (χ3n) is 20.1. The van der Waals surface area contributed by atoms with Crippen molar-refractivity contribution in [3.05, 3.63) is 136 Å². The topological polar surface area (TPSA) is 308 Å². The van der Waals surface area contributed by atoms with Crippen LogP contribution in [0.25, 0.3) is 21.3 Å². The Labute approximate surface area is 568 Å². The van der Waals surface area contributed by atoms with Crippen molar-refractivity contribution in [1.29, 1.82) is 0 Å². The molecule has 12 rings (SSSR count). The average Bonchev–Trinajstić information content (AvgIpc) is 0.971. The minimum atomic E-state index is -1.15. The largest absolute Gasteiger partial charge is 0.476 e. The van der Waals surface area contributed by atoms with Crippen LogP contribution in [-0.4, -0.2) is 139 Å². The zero-order valence-electron chi connectivity index (χ0n) is 55.9. The summed E-state index contributed by atoms with van der Waals surface area (Å²) in [5.74, 6) is -2.79. The van der Waals surface area contributed by atoms with Crippen LogP contribution in [0.4, 0.5) is 20.5 Å². The van der Waals surface area contributed by atoms with Crippen molar-refractivity contribution in [3.8, 4) is 11.1 Å². The van der Waals surface area contributed by atoms with Crippen molar-refractivity contribution in [2.45, 2.75) is 155 Å². The fraction of sp³-hybridized carbons (Fsp3) is 0.479. The normalized spacial score (nSPS) is 20.6. The summed E-state index contributed by atoms with van der Waals surface area (Å²) in [4.78, 5) is 130. The number of thiazole rings is 1. The number of nitrogens with one attached hydrogen (secondary N) is 3. The minimum Gasteiger partial charge on any atom is -0.476 e. The van der Waals surface area contributed by atoms with Crippen LogP contribution in [-0.2, 0) is 66.0 Å². The van der Waals surface area contributed by atoms with Gasteiger partial charge in [0, 0.05) is 106 Å². The number of aromatic carboxylic acids is 1. The number of likely N-dealkylation sites (N-methyl/N-ethyl adjacent to an activating group) is 1. The number of benzene rings is 3. The third-order valence-corrected chi connectivity index (χ3v) is 21.1. The number of carboxylic acids is 1. The number of hydrogen-bond acceptors (Lipinski definition) is 16. The van der Waals surface area contributed by atoms with E-state index < -0.39 is 36.0 Å². The van der Waals surface area contributed by atoms with Gasteiger partial charge >= 0.3 is 18.1 Å². The molecule has 0 saturated heterocycles. The second-order valence-electron chi connectivity index (χ2n) is 28.1. The van der Waals surface area contributed by atoms with E-state index >= 15 is 0 Å². The number of para-hydroxylation sites is 1. The molecule has 2 aliphatic heterocycles. The number of nitrogens with zero attached hydrogens (tertiary/aromatic N) is 7. The first-order valence-electron chi connectivity index (χ1n) is 33.8. The van der Waals surface area contributed by atoms with Crippen LogP contribution < -0.4 is 26.6 Å². The Hall–Kier alpha value is -9.16. The lowest BCUT2D eigenvalue weighted by atomic mass is 9.43. The number of ether oxygens (including phenoxy) is 2. The summed E-state index contributed by atoms with van der Waals surface area (Å²) >= 11 is 1.42. The Kier molecular flexibility index (Phi) is 21.2. The number of hydrogen-bond donors (Lipinski definition) is 5. The molecular formula is C73H87N11O12S. The molecule has 0 radical (unpaired) electrons. The fourth-order valence-electron chi connectivity index (χ4n) is 16.0. The van der Waals surface area contributed by atoms with Gasteiger partial charge in [0.2, 0.25) is 5.91 Å². The smallest absolute Gasteiger partial charge is 0.409 e. The first kappa shape index (κ1) is 69.2. The average molecular weight is 1340 g/mol. The van der Waals surface area contributed by atoms with Crippen molar-refractivity contribution in [2.24, 2.45) is 34.3 Å². The maximum atomic E-state index is 13.9. The third kappa shape index (κ3) is 16.5. The number of carbonyl (C=O) groups is 9. The first-order chi connectivity index (χ1) is 46.4. The fourth-order valence-corrected chi connectivity index (χ4v) is 16.8. The molecule has 4 fully saturated rings. The number of amides is 7. The van der Waals surface area contributed by atoms with Crippen LogP contribution in [0.2, 0.25) is 0 Å². The Bertz CT molecular complexity index is 3980. The maximum Gasteiger partial charge on any atom is 0.409 e. The number of aromatic nitrogens is 4. The molecular weight excluding hydrogens is 1250 g/mol. The van der Waals surface area contributed by atoms with E-state index in [1.807, 2.05) is 85.0 Å². The molecule has 6 N–H and O–H groups in total. The lowest BCUT2D eigenvalue weighted by Crippen LogP contribution is -2.61. The maximum absolute atomic E-state index is 13.9. The Morgan fingerprint density at radius 1 is 0.866 bits per heavy atom. The quantitative estimate of drug-likeness (QED) is 0.0200. The van der Waals surface area contributed by atoms with Crippen LogP contribution >= 0.6 is 11.3 Å². The van der Waals surface area contributed by atoms with Gasteiger partial charge in [0.05, 0.1) is 34.7 Å². The van der Waals surface area contributed by atoms with Crippen LogP contribution in [0.3, 0.4) is 0 Å². The van der Waals surface area contributed by atoms with Gasteiger partial charge in [-0.1, -0.05) is 87.1 Å². The van der Waals surface area contributed by atoms with Crippen LogP contribution in [0.5, 0.6) is 0 Å². The second-order valence-corrected chi connectivity index (χ2v) is 29.1. The number of carbonyl (C=O) groups excluding carboxylic acids is 8. The number of Topliss-reactive ketones (excluding diaryl/α,β-unsaturated/α-hetero) is 2. The van der Waals surface area contributed by atoms with Crippen molar-refractivity contribution in [2.75, 3.05) is 50.1 Å². The number of rotatable bonds is 31. The summed E-state index contributed by atoms with van der Waals surface area (Å²) in [6.07, 6.45) is 12.7. The Balaban J connectivity index is 0.656. The predicted octanol–water partition coefficient (Wildman–Crippen LogP) is 10.2. The van der Waals surface area contributed by atoms with Crippen molar-refractivity contribution in [1.82, 2.24) is 40.2 Å². The number of ketones is 2. The highest BCUT2D eigenvalue weighted by Gasteiger charge is 2.62. The van der Waals surface area contributed by atoms with E-state index in [2.05, 4.69) is 27.9 Å². The number of pyridine rings is 1. The van der Waals surface area contributed by atoms with Gasteiger partial charge in [0.1, 0.15) is 18.2 Å². The number of primary amides is 1. The molecule has 4 bridgehead atoms. The standard InChI is InChI=1S/C73H87N11O12S/c1-45(2)54(34-51(85)14-7-6-10-29-83-62(87)25-26-63(83)88)66(90)77-57(17-12-28-75-68(74)93)59(86)33-47-19-21-48(22-20-47)40-95-70(94)81(5)31-32-96-73-37-49-35-71(4,42-73)41-72(36-49,43-73)44-84-46(3)55(38-76-84)52-23-24-61(79-64(52)67(91)92)82-30-27-50-13-11-15-53(56(50)39-82)65(89)80-69-78-58-16-8-9-18-60(58)97-69/h8-9,11,13,15-16,18-26,38,45,49,54,57H,6-7,10,12,14,17,27-37,39-44H2,1-5H3,(H,77,90)(H,91,92)(H3,74,75,93)(H,78,80,89)/t49?,54-,57-,71?,72?,73?/m0/s1. The molecule has 6 aromatic rings. The lowest BCUT2D eigenvalue weighted by Gasteiger charge is -2.65. The lowest BCUT2D eigenvalue weighted by molar-refractivity contribution is -0.223. The van der Waals surface area contributed by atoms with E-state index in [9.17, 15) is 48.3 Å². The molecule has 3 aromatic heterocycles. The molecule has 4 unspecified atom stereocenters. The number of unbranched alkanes of at least 4 members (excludes halogenated alkanes) is 2.